The predicted octanol–water partition coefficient (Wildman–Crippen LogP) is -6.18. The van der Waals surface area contributed by atoms with Gasteiger partial charge in [-0.3, -0.25) is 9.59 Å². The summed E-state index contributed by atoms with van der Waals surface area (Å²) in [4.78, 5) is 34.1. The van der Waals surface area contributed by atoms with Crippen LogP contribution in [0.2, 0.25) is 0 Å². The number of hydrogen-bond acceptors (Lipinski definition) is 12. The minimum absolute atomic E-state index is 0.957. The van der Waals surface area contributed by atoms with Crippen LogP contribution in [0.25, 0.3) is 0 Å². The zero-order chi connectivity index (χ0) is 19.0. The smallest absolute Gasteiger partial charge is 0.377 e. The van der Waals surface area contributed by atoms with Crippen molar-refractivity contribution in [1.29, 1.82) is 0 Å². The van der Waals surface area contributed by atoms with E-state index >= 15 is 0 Å². The molecule has 8 N–H and O–H groups in total. The molecule has 0 unspecified atom stereocenters. The van der Waals surface area contributed by atoms with E-state index in [1.54, 1.807) is 0 Å². The van der Waals surface area contributed by atoms with Gasteiger partial charge in [0.15, 0.2) is 12.7 Å². The lowest BCUT2D eigenvalue weighted by Crippen LogP contribution is -2.47. The third-order valence-electron chi connectivity index (χ3n) is 2.95. The molecule has 0 aromatic heterocycles. The monoisotopic (exact) mass is 356 g/mol. The molecule has 0 aliphatic heterocycles. The normalized spacial score (nSPS) is 18.8. The predicted molar refractivity (Wildman–Crippen MR) is 71.2 cm³/mol. The third kappa shape index (κ3) is 6.18. The van der Waals surface area contributed by atoms with Crippen molar-refractivity contribution in [3.8, 4) is 0 Å². The molecule has 0 fully saturated rings. The van der Waals surface area contributed by atoms with Gasteiger partial charge in [-0.05, 0) is 0 Å². The van der Waals surface area contributed by atoms with Gasteiger partial charge in [-0.2, -0.15) is 0 Å². The Morgan fingerprint density at radius 2 is 1.17 bits per heavy atom. The molecule has 0 aliphatic carbocycles. The van der Waals surface area contributed by atoms with Crippen LogP contribution in [0.4, 0.5) is 0 Å². The molecule has 0 amide bonds. The highest BCUT2D eigenvalue weighted by molar-refractivity contribution is 6.35. The number of ether oxygens (including phenoxy) is 1. The number of esters is 1. The van der Waals surface area contributed by atoms with Crippen LogP contribution < -0.4 is 0 Å². The number of ketones is 2. The molecule has 0 heterocycles. The van der Waals surface area contributed by atoms with Gasteiger partial charge in [0, 0.05) is 0 Å². The van der Waals surface area contributed by atoms with Crippen molar-refractivity contribution >= 4 is 17.5 Å². The summed E-state index contributed by atoms with van der Waals surface area (Å²) in [5.41, 5.74) is 0. The van der Waals surface area contributed by atoms with Crippen LogP contribution in [0.1, 0.15) is 0 Å². The highest BCUT2D eigenvalue weighted by Gasteiger charge is 2.36. The summed E-state index contributed by atoms with van der Waals surface area (Å²) < 4.78 is 4.17. The second-order valence-electron chi connectivity index (χ2n) is 4.78. The molecule has 0 bridgehead atoms. The van der Waals surface area contributed by atoms with Crippen LogP contribution in [0, 0.1) is 0 Å². The summed E-state index contributed by atoms with van der Waals surface area (Å²) in [5, 5.41) is 72.4. The van der Waals surface area contributed by atoms with Gasteiger partial charge in [0.25, 0.3) is 5.78 Å². The average Bonchev–Trinajstić information content (AvgIpc) is 2.60. The van der Waals surface area contributed by atoms with Gasteiger partial charge in [-0.1, -0.05) is 0 Å². The zero-order valence-electron chi connectivity index (χ0n) is 12.3. The van der Waals surface area contributed by atoms with Crippen molar-refractivity contribution in [2.75, 3.05) is 19.8 Å². The number of carbonyl (C=O) groups is 3. The van der Waals surface area contributed by atoms with E-state index in [1.807, 2.05) is 0 Å². The van der Waals surface area contributed by atoms with Gasteiger partial charge in [0.1, 0.15) is 30.5 Å². The highest BCUT2D eigenvalue weighted by Crippen LogP contribution is 2.05. The van der Waals surface area contributed by atoms with Crippen LogP contribution in [-0.4, -0.2) is 115 Å². The first-order valence-corrected chi connectivity index (χ1v) is 6.62. The molecule has 24 heavy (non-hydrogen) atoms. The quantitative estimate of drug-likeness (QED) is 0.128. The lowest BCUT2D eigenvalue weighted by molar-refractivity contribution is -0.166. The molecule has 0 radical (unpaired) electrons. The standard InChI is InChI=1S/C12H20O12/c13-1-4(15)7(18)9(20)6(17)3-24-12(23)11(22)10(21)8(19)5(16)2-14/h4-5,7-10,13-16,18-21H,1-3H2/t4-,5+,7-,8-,9-,10+/m1/s1. The first kappa shape index (κ1) is 22.5. The summed E-state index contributed by atoms with van der Waals surface area (Å²) in [7, 11) is 0. The fourth-order valence-corrected chi connectivity index (χ4v) is 1.40. The van der Waals surface area contributed by atoms with Crippen molar-refractivity contribution < 1.29 is 60.0 Å². The van der Waals surface area contributed by atoms with Crippen molar-refractivity contribution in [3.05, 3.63) is 0 Å². The first-order valence-electron chi connectivity index (χ1n) is 6.62. The van der Waals surface area contributed by atoms with E-state index in [9.17, 15) is 34.8 Å². The summed E-state index contributed by atoms with van der Waals surface area (Å²) >= 11 is 0. The van der Waals surface area contributed by atoms with Crippen molar-refractivity contribution in [1.82, 2.24) is 0 Å². The SMILES string of the molecule is O=C(OCC(=O)[C@@H](O)[C@H](O)[C@H](O)CO)C(=O)[C@@H](O)[C@H](O)[C@@H](O)CO. The average molecular weight is 356 g/mol. The molecule has 0 saturated heterocycles. The Labute approximate surface area is 135 Å². The number of aliphatic hydroxyl groups is 8. The lowest BCUT2D eigenvalue weighted by atomic mass is 10.0. The Morgan fingerprint density at radius 3 is 1.58 bits per heavy atom. The molecule has 0 spiro atoms. The van der Waals surface area contributed by atoms with Crippen LogP contribution in [0.15, 0.2) is 0 Å². The molecule has 6 atom stereocenters. The minimum Gasteiger partial charge on any atom is -0.452 e. The van der Waals surface area contributed by atoms with Crippen LogP contribution in [-0.2, 0) is 19.1 Å². The summed E-state index contributed by atoms with van der Waals surface area (Å²) in [6.45, 7) is -3.18. The molecule has 0 aromatic carbocycles. The zero-order valence-corrected chi connectivity index (χ0v) is 12.3. The Morgan fingerprint density at radius 1 is 0.750 bits per heavy atom. The number of carbonyl (C=O) groups excluding carboxylic acids is 3. The molecular weight excluding hydrogens is 336 g/mol. The van der Waals surface area contributed by atoms with Crippen LogP contribution in [0.5, 0.6) is 0 Å². The molecular formula is C12H20O12. The highest BCUT2D eigenvalue weighted by atomic mass is 16.5. The molecule has 0 aliphatic rings. The van der Waals surface area contributed by atoms with E-state index in [-0.39, 0.29) is 0 Å². The van der Waals surface area contributed by atoms with E-state index < -0.39 is 74.0 Å². The maximum Gasteiger partial charge on any atom is 0.377 e. The van der Waals surface area contributed by atoms with E-state index in [0.717, 1.165) is 0 Å². The maximum absolute atomic E-state index is 11.4. The minimum atomic E-state index is -2.43. The van der Waals surface area contributed by atoms with Gasteiger partial charge in [-0.25, -0.2) is 4.79 Å². The van der Waals surface area contributed by atoms with Crippen molar-refractivity contribution in [2.45, 2.75) is 36.6 Å². The molecule has 0 aromatic rings. The maximum atomic E-state index is 11.4. The van der Waals surface area contributed by atoms with Gasteiger partial charge in [0.05, 0.1) is 13.2 Å². The Bertz CT molecular complexity index is 438. The van der Waals surface area contributed by atoms with Gasteiger partial charge < -0.3 is 45.6 Å². The number of aliphatic hydroxyl groups excluding tert-OH is 8. The van der Waals surface area contributed by atoms with Crippen LogP contribution in [0.3, 0.4) is 0 Å². The molecule has 0 rings (SSSR count). The van der Waals surface area contributed by atoms with Crippen LogP contribution >= 0.6 is 0 Å². The Hall–Kier alpha value is -1.51. The van der Waals surface area contributed by atoms with E-state index in [4.69, 9.17) is 20.4 Å². The largest absolute Gasteiger partial charge is 0.452 e. The van der Waals surface area contributed by atoms with E-state index in [2.05, 4.69) is 4.74 Å². The number of rotatable bonds is 11. The third-order valence-corrected chi connectivity index (χ3v) is 2.95. The second kappa shape index (κ2) is 10.4. The van der Waals surface area contributed by atoms with Crippen molar-refractivity contribution in [2.24, 2.45) is 0 Å². The van der Waals surface area contributed by atoms with Gasteiger partial charge in [-0.15, -0.1) is 0 Å². The Balaban J connectivity index is 4.57. The van der Waals surface area contributed by atoms with Gasteiger partial charge in [0.2, 0.25) is 5.78 Å². The molecule has 0 saturated carbocycles. The first-order chi connectivity index (χ1) is 11.1. The second-order valence-corrected chi connectivity index (χ2v) is 4.78. The van der Waals surface area contributed by atoms with Gasteiger partial charge >= 0.3 is 5.97 Å². The fourth-order valence-electron chi connectivity index (χ4n) is 1.40. The lowest BCUT2D eigenvalue weighted by Gasteiger charge is -2.21. The number of Topliss-reactive ketones (excluding diaryl/α,β-unsaturated/α-hetero) is 2. The molecule has 140 valence electrons. The van der Waals surface area contributed by atoms with E-state index in [0.29, 0.717) is 0 Å². The molecule has 12 heteroatoms. The topological polar surface area (TPSA) is 222 Å². The number of hydrogen-bond donors (Lipinski definition) is 8. The van der Waals surface area contributed by atoms with E-state index in [1.165, 1.54) is 0 Å². The summed E-state index contributed by atoms with van der Waals surface area (Å²) in [6, 6.07) is 0. The fraction of sp³-hybridized carbons (Fsp3) is 0.750. The van der Waals surface area contributed by atoms with Crippen molar-refractivity contribution in [3.63, 3.8) is 0 Å². The molecule has 12 nitrogen and oxygen atoms in total. The summed E-state index contributed by atoms with van der Waals surface area (Å²) in [6.07, 6.45) is -12.6. The summed E-state index contributed by atoms with van der Waals surface area (Å²) in [5.74, 6) is -4.83. The Kier molecular flexibility index (Phi) is 9.72.